The Bertz CT molecular complexity index is 1060. The number of carboxylic acids is 1. The number of benzene rings is 1. The van der Waals surface area contributed by atoms with E-state index in [1.807, 2.05) is 11.0 Å². The van der Waals surface area contributed by atoms with E-state index in [0.29, 0.717) is 35.5 Å². The molecule has 2 heterocycles. The number of carbonyl (C=O) groups is 1. The van der Waals surface area contributed by atoms with Crippen molar-refractivity contribution in [3.05, 3.63) is 64.0 Å². The number of nitrogens with one attached hydrogen (secondary N) is 1. The van der Waals surface area contributed by atoms with Gasteiger partial charge in [-0.1, -0.05) is 12.0 Å². The predicted molar refractivity (Wildman–Crippen MR) is 98.2 cm³/mol. The molecule has 0 saturated carbocycles. The molecule has 0 saturated heterocycles. The molecule has 0 aliphatic heterocycles. The van der Waals surface area contributed by atoms with Gasteiger partial charge in [-0.2, -0.15) is 0 Å². The number of hydrogen-bond acceptors (Lipinski definition) is 5. The van der Waals surface area contributed by atoms with Gasteiger partial charge in [0.25, 0.3) is 5.56 Å². The number of fused-ring (bicyclic) bond motifs is 1. The van der Waals surface area contributed by atoms with Crippen LogP contribution in [0.3, 0.4) is 0 Å². The van der Waals surface area contributed by atoms with Crippen LogP contribution in [0.1, 0.15) is 21.9 Å². The summed E-state index contributed by atoms with van der Waals surface area (Å²) in [6.45, 7) is 2.49. The Morgan fingerprint density at radius 1 is 1.35 bits per heavy atom. The van der Waals surface area contributed by atoms with Crippen molar-refractivity contribution in [1.82, 2.24) is 15.0 Å². The first-order valence-corrected chi connectivity index (χ1v) is 7.85. The number of terminal acetylenes is 1. The summed E-state index contributed by atoms with van der Waals surface area (Å²) in [7, 11) is 0. The molecule has 26 heavy (non-hydrogen) atoms. The lowest BCUT2D eigenvalue weighted by molar-refractivity contribution is 0.0690. The fraction of sp³-hybridized carbons (Fsp3) is 0.158. The number of nitrogens with zero attached hydrogens (tertiary/aromatic N) is 3. The molecule has 0 aliphatic carbocycles. The largest absolute Gasteiger partial charge is 0.477 e. The van der Waals surface area contributed by atoms with E-state index in [1.165, 1.54) is 12.3 Å². The average molecular weight is 348 g/mol. The minimum atomic E-state index is -1.09. The van der Waals surface area contributed by atoms with Crippen molar-refractivity contribution in [1.29, 1.82) is 0 Å². The predicted octanol–water partition coefficient (Wildman–Crippen LogP) is 1.96. The lowest BCUT2D eigenvalue weighted by Crippen LogP contribution is -2.23. The van der Waals surface area contributed by atoms with Gasteiger partial charge < -0.3 is 15.0 Å². The number of aryl methyl sites for hydroxylation is 1. The quantitative estimate of drug-likeness (QED) is 0.684. The molecule has 0 unspecified atom stereocenters. The SMILES string of the molecule is C#CCN(Cc1ccc2nc(C)[nH]c(=O)c2c1)c1ccc(C(=O)O)nc1. The van der Waals surface area contributed by atoms with Gasteiger partial charge in [0, 0.05) is 6.54 Å². The lowest BCUT2D eigenvalue weighted by atomic mass is 10.1. The highest BCUT2D eigenvalue weighted by Gasteiger charge is 2.11. The Hall–Kier alpha value is -3.66. The van der Waals surface area contributed by atoms with Gasteiger partial charge in [-0.3, -0.25) is 4.79 Å². The molecular formula is C19H16N4O3. The Morgan fingerprint density at radius 3 is 2.81 bits per heavy atom. The highest BCUT2D eigenvalue weighted by Crippen LogP contribution is 2.18. The fourth-order valence-electron chi connectivity index (χ4n) is 2.67. The first-order valence-electron chi connectivity index (χ1n) is 7.85. The number of carboxylic acid groups (broad SMARTS) is 1. The highest BCUT2D eigenvalue weighted by molar-refractivity contribution is 5.85. The van der Waals surface area contributed by atoms with Crippen molar-refractivity contribution < 1.29 is 9.90 Å². The molecule has 1 aromatic carbocycles. The summed E-state index contributed by atoms with van der Waals surface area (Å²) >= 11 is 0. The molecule has 0 atom stereocenters. The van der Waals surface area contributed by atoms with Gasteiger partial charge in [0.1, 0.15) is 11.5 Å². The maximum atomic E-state index is 12.1. The van der Waals surface area contributed by atoms with E-state index in [0.717, 1.165) is 5.56 Å². The number of hydrogen-bond donors (Lipinski definition) is 2. The van der Waals surface area contributed by atoms with Crippen LogP contribution in [-0.4, -0.2) is 32.6 Å². The molecule has 0 spiro atoms. The Balaban J connectivity index is 1.93. The van der Waals surface area contributed by atoms with Crippen molar-refractivity contribution in [2.24, 2.45) is 0 Å². The monoisotopic (exact) mass is 348 g/mol. The zero-order chi connectivity index (χ0) is 18.7. The smallest absolute Gasteiger partial charge is 0.354 e. The van der Waals surface area contributed by atoms with Gasteiger partial charge in [-0.05, 0) is 36.8 Å². The molecule has 130 valence electrons. The topological polar surface area (TPSA) is 99.2 Å². The zero-order valence-corrected chi connectivity index (χ0v) is 14.1. The minimum absolute atomic E-state index is 0.0342. The normalized spacial score (nSPS) is 10.5. The van der Waals surface area contributed by atoms with E-state index < -0.39 is 5.97 Å². The molecule has 3 rings (SSSR count). The van der Waals surface area contributed by atoms with E-state index in [9.17, 15) is 9.59 Å². The van der Waals surface area contributed by atoms with Crippen molar-refractivity contribution in [2.75, 3.05) is 11.4 Å². The number of H-pyrrole nitrogens is 1. The van der Waals surface area contributed by atoms with Crippen molar-refractivity contribution in [2.45, 2.75) is 13.5 Å². The van der Waals surface area contributed by atoms with Crippen LogP contribution in [-0.2, 0) is 6.54 Å². The third-order valence-electron chi connectivity index (χ3n) is 3.88. The van der Waals surface area contributed by atoms with E-state index >= 15 is 0 Å². The van der Waals surface area contributed by atoms with Crippen LogP contribution in [0.25, 0.3) is 10.9 Å². The van der Waals surface area contributed by atoms with Crippen molar-refractivity contribution in [3.8, 4) is 12.3 Å². The number of aromatic amines is 1. The number of aromatic carboxylic acids is 1. The summed E-state index contributed by atoms with van der Waals surface area (Å²) in [4.78, 5) is 35.9. The lowest BCUT2D eigenvalue weighted by Gasteiger charge is -2.22. The number of aromatic nitrogens is 3. The van der Waals surface area contributed by atoms with Gasteiger partial charge in [-0.25, -0.2) is 14.8 Å². The maximum absolute atomic E-state index is 12.1. The Labute approximate surface area is 149 Å². The molecule has 0 amide bonds. The molecule has 0 bridgehead atoms. The van der Waals surface area contributed by atoms with Crippen LogP contribution in [0.2, 0.25) is 0 Å². The van der Waals surface area contributed by atoms with E-state index in [-0.39, 0.29) is 11.3 Å². The summed E-state index contributed by atoms with van der Waals surface area (Å²) in [6, 6.07) is 8.55. The van der Waals surface area contributed by atoms with Crippen LogP contribution in [0.5, 0.6) is 0 Å². The number of rotatable bonds is 5. The van der Waals surface area contributed by atoms with Crippen molar-refractivity contribution >= 4 is 22.6 Å². The average Bonchev–Trinajstić information content (AvgIpc) is 2.62. The van der Waals surface area contributed by atoms with Gasteiger partial charge in [0.2, 0.25) is 0 Å². The molecular weight excluding hydrogens is 332 g/mol. The molecule has 2 aromatic heterocycles. The summed E-state index contributed by atoms with van der Waals surface area (Å²) in [5.74, 6) is 2.06. The van der Waals surface area contributed by atoms with Gasteiger partial charge in [0.05, 0.1) is 29.3 Å². The summed E-state index contributed by atoms with van der Waals surface area (Å²) in [5, 5.41) is 9.46. The third-order valence-corrected chi connectivity index (χ3v) is 3.88. The maximum Gasteiger partial charge on any atom is 0.354 e. The molecule has 0 radical (unpaired) electrons. The van der Waals surface area contributed by atoms with Crippen LogP contribution in [0.4, 0.5) is 5.69 Å². The number of anilines is 1. The summed E-state index contributed by atoms with van der Waals surface area (Å²) in [6.07, 6.45) is 6.93. The van der Waals surface area contributed by atoms with Crippen LogP contribution in [0.15, 0.2) is 41.3 Å². The number of pyridine rings is 1. The summed E-state index contributed by atoms with van der Waals surface area (Å²) in [5.41, 5.74) is 1.99. The van der Waals surface area contributed by atoms with Crippen LogP contribution in [0, 0.1) is 19.3 Å². The van der Waals surface area contributed by atoms with E-state index in [2.05, 4.69) is 20.9 Å². The Morgan fingerprint density at radius 2 is 2.15 bits per heavy atom. The molecule has 7 heteroatoms. The second-order valence-corrected chi connectivity index (χ2v) is 5.77. The van der Waals surface area contributed by atoms with Gasteiger partial charge >= 0.3 is 5.97 Å². The molecule has 7 nitrogen and oxygen atoms in total. The molecule has 0 fully saturated rings. The highest BCUT2D eigenvalue weighted by atomic mass is 16.4. The minimum Gasteiger partial charge on any atom is -0.477 e. The summed E-state index contributed by atoms with van der Waals surface area (Å²) < 4.78 is 0. The first-order chi connectivity index (χ1) is 12.5. The van der Waals surface area contributed by atoms with Crippen molar-refractivity contribution in [3.63, 3.8) is 0 Å². The second kappa shape index (κ2) is 7.07. The second-order valence-electron chi connectivity index (χ2n) is 5.77. The zero-order valence-electron chi connectivity index (χ0n) is 14.1. The van der Waals surface area contributed by atoms with Gasteiger partial charge in [-0.15, -0.1) is 6.42 Å². The van der Waals surface area contributed by atoms with Gasteiger partial charge in [0.15, 0.2) is 0 Å². The third kappa shape index (κ3) is 3.54. The molecule has 0 aliphatic rings. The molecule has 3 aromatic rings. The van der Waals surface area contributed by atoms with E-state index in [4.69, 9.17) is 11.5 Å². The standard InChI is InChI=1S/C19H16N4O3/c1-3-8-23(14-5-7-17(19(25)26)20-10-14)11-13-4-6-16-15(9-13)18(24)22-12(2)21-16/h1,4-7,9-10H,8,11H2,2H3,(H,25,26)(H,21,22,24). The fourth-order valence-corrected chi connectivity index (χ4v) is 2.67. The van der Waals surface area contributed by atoms with Crippen LogP contribution >= 0.6 is 0 Å². The molecule has 2 N–H and O–H groups in total. The van der Waals surface area contributed by atoms with Crippen LogP contribution < -0.4 is 10.5 Å². The Kier molecular flexibility index (Phi) is 4.67. The first kappa shape index (κ1) is 17.2. The van der Waals surface area contributed by atoms with E-state index in [1.54, 1.807) is 25.1 Å².